The van der Waals surface area contributed by atoms with Crippen molar-refractivity contribution in [2.45, 2.75) is 22.6 Å². The number of nitrogens with zero attached hydrogens (tertiary/aromatic N) is 2. The third-order valence-corrected chi connectivity index (χ3v) is 7.88. The average Bonchev–Trinajstić information content (AvgIpc) is 3.24. The van der Waals surface area contributed by atoms with Gasteiger partial charge in [-0.25, -0.2) is 16.8 Å². The predicted octanol–water partition coefficient (Wildman–Crippen LogP) is 1.90. The minimum Gasteiger partial charge on any atom is -0.497 e. The second-order valence-corrected chi connectivity index (χ2v) is 10.9. The monoisotopic (exact) mass is 479 g/mol. The number of carbonyl (C=O) groups excluding carboxylic acids is 1. The van der Waals surface area contributed by atoms with Gasteiger partial charge in [-0.3, -0.25) is 10.1 Å². The van der Waals surface area contributed by atoms with Gasteiger partial charge in [0, 0.05) is 12.8 Å². The van der Waals surface area contributed by atoms with Gasteiger partial charge in [0.1, 0.15) is 5.75 Å². The van der Waals surface area contributed by atoms with Crippen molar-refractivity contribution in [1.82, 2.24) is 10.2 Å². The molecule has 3 aromatic rings. The third-order valence-electron chi connectivity index (χ3n) is 4.42. The molecule has 10 nitrogen and oxygen atoms in total. The van der Waals surface area contributed by atoms with E-state index in [2.05, 4.69) is 15.5 Å². The van der Waals surface area contributed by atoms with Crippen LogP contribution in [0.15, 0.2) is 68.8 Å². The summed E-state index contributed by atoms with van der Waals surface area (Å²) in [6.45, 7) is 0. The van der Waals surface area contributed by atoms with Gasteiger partial charge in [0.05, 0.1) is 28.4 Å². The average molecular weight is 480 g/mol. The molecule has 3 rings (SSSR count). The number of rotatable bonds is 10. The van der Waals surface area contributed by atoms with Crippen LogP contribution in [-0.2, 0) is 30.9 Å². The summed E-state index contributed by atoms with van der Waals surface area (Å²) >= 11 is 0. The second-order valence-electron chi connectivity index (χ2n) is 6.68. The molecule has 170 valence electrons. The zero-order valence-electron chi connectivity index (χ0n) is 17.1. The summed E-state index contributed by atoms with van der Waals surface area (Å²) in [5, 5.41) is 9.68. The first-order valence-electron chi connectivity index (χ1n) is 9.46. The maximum absolute atomic E-state index is 12.4. The fraction of sp³-hybridized carbons (Fsp3) is 0.250. The fourth-order valence-electron chi connectivity index (χ4n) is 2.68. The first kappa shape index (κ1) is 23.4. The van der Waals surface area contributed by atoms with Gasteiger partial charge in [-0.05, 0) is 36.4 Å². The Morgan fingerprint density at radius 3 is 2.19 bits per heavy atom. The predicted molar refractivity (Wildman–Crippen MR) is 115 cm³/mol. The molecule has 0 saturated heterocycles. The maximum Gasteiger partial charge on any atom is 0.322 e. The molecule has 0 atom stereocenters. The molecule has 0 saturated carbocycles. The van der Waals surface area contributed by atoms with Crippen molar-refractivity contribution in [3.63, 3.8) is 0 Å². The number of ether oxygens (including phenoxy) is 1. The Kier molecular flexibility index (Phi) is 7.26. The van der Waals surface area contributed by atoms with Gasteiger partial charge in [0.15, 0.2) is 19.7 Å². The van der Waals surface area contributed by atoms with E-state index in [1.807, 2.05) is 0 Å². The van der Waals surface area contributed by atoms with E-state index >= 15 is 0 Å². The van der Waals surface area contributed by atoms with E-state index in [1.54, 1.807) is 18.2 Å². The molecule has 1 aromatic heterocycles. The number of hydrogen-bond donors (Lipinski definition) is 1. The molecule has 0 radical (unpaired) electrons. The van der Waals surface area contributed by atoms with Crippen LogP contribution in [0, 0.1) is 0 Å². The molecular formula is C20H21N3O7S2. The fourth-order valence-corrected chi connectivity index (χ4v) is 5.17. The van der Waals surface area contributed by atoms with Crippen molar-refractivity contribution < 1.29 is 30.8 Å². The zero-order valence-corrected chi connectivity index (χ0v) is 18.7. The van der Waals surface area contributed by atoms with Crippen LogP contribution in [0.3, 0.4) is 0 Å². The molecule has 0 bridgehead atoms. The molecular weight excluding hydrogens is 458 g/mol. The summed E-state index contributed by atoms with van der Waals surface area (Å²) in [6.07, 6.45) is -0.361. The molecule has 0 aliphatic carbocycles. The topological polar surface area (TPSA) is 146 Å². The Balaban J connectivity index is 1.52. The number of amides is 1. The number of sulfone groups is 2. The minimum absolute atomic E-state index is 0.0330. The van der Waals surface area contributed by atoms with Gasteiger partial charge in [-0.2, -0.15) is 0 Å². The lowest BCUT2D eigenvalue weighted by Gasteiger charge is -2.05. The Hall–Kier alpha value is -3.25. The second kappa shape index (κ2) is 9.92. The lowest BCUT2D eigenvalue weighted by Crippen LogP contribution is -2.17. The van der Waals surface area contributed by atoms with Gasteiger partial charge < -0.3 is 9.15 Å². The molecule has 1 amide bonds. The number of benzene rings is 2. The van der Waals surface area contributed by atoms with Gasteiger partial charge in [0.25, 0.3) is 0 Å². The summed E-state index contributed by atoms with van der Waals surface area (Å²) in [7, 11) is -5.72. The number of aromatic nitrogens is 2. The zero-order chi connectivity index (χ0) is 23.2. The van der Waals surface area contributed by atoms with Gasteiger partial charge in [-0.1, -0.05) is 23.3 Å². The van der Waals surface area contributed by atoms with Crippen molar-refractivity contribution in [1.29, 1.82) is 0 Å². The Bertz CT molecular complexity index is 1270. The number of aryl methyl sites for hydroxylation is 1. The van der Waals surface area contributed by atoms with Crippen LogP contribution in [0.5, 0.6) is 5.75 Å². The molecule has 12 heteroatoms. The van der Waals surface area contributed by atoms with Crippen LogP contribution in [0.1, 0.15) is 12.3 Å². The van der Waals surface area contributed by atoms with E-state index in [0.717, 1.165) is 0 Å². The summed E-state index contributed by atoms with van der Waals surface area (Å²) in [5.74, 6) is -0.737. The van der Waals surface area contributed by atoms with Crippen molar-refractivity contribution in [3.8, 4) is 5.75 Å². The van der Waals surface area contributed by atoms with Crippen molar-refractivity contribution in [2.75, 3.05) is 23.9 Å². The number of nitrogens with one attached hydrogen (secondary N) is 1. The third kappa shape index (κ3) is 6.14. The van der Waals surface area contributed by atoms with Crippen LogP contribution in [0.2, 0.25) is 0 Å². The lowest BCUT2D eigenvalue weighted by molar-refractivity contribution is -0.116. The van der Waals surface area contributed by atoms with Gasteiger partial charge >= 0.3 is 6.01 Å². The van der Waals surface area contributed by atoms with E-state index in [4.69, 9.17) is 9.15 Å². The number of carbonyl (C=O) groups is 1. The molecule has 0 aliphatic rings. The quantitative estimate of drug-likeness (QED) is 0.460. The van der Waals surface area contributed by atoms with E-state index in [1.165, 1.54) is 43.5 Å². The van der Waals surface area contributed by atoms with E-state index in [-0.39, 0.29) is 40.3 Å². The van der Waals surface area contributed by atoms with Crippen molar-refractivity contribution in [3.05, 3.63) is 60.5 Å². The maximum atomic E-state index is 12.4. The summed E-state index contributed by atoms with van der Waals surface area (Å²) in [5.41, 5.74) is 0. The molecule has 2 aromatic carbocycles. The highest BCUT2D eigenvalue weighted by Gasteiger charge is 2.19. The van der Waals surface area contributed by atoms with Crippen molar-refractivity contribution in [2.24, 2.45) is 0 Å². The van der Waals surface area contributed by atoms with Crippen LogP contribution in [0.25, 0.3) is 0 Å². The van der Waals surface area contributed by atoms with E-state index in [9.17, 15) is 21.6 Å². The SMILES string of the molecule is COc1ccc(S(=O)(=O)CCC(=O)Nc2nnc(CCS(=O)(=O)c3ccccc3)o2)cc1. The summed E-state index contributed by atoms with van der Waals surface area (Å²) in [6, 6.07) is 13.6. The highest BCUT2D eigenvalue weighted by molar-refractivity contribution is 7.91. The Labute approximate surface area is 185 Å². The van der Waals surface area contributed by atoms with E-state index in [0.29, 0.717) is 5.75 Å². The molecule has 0 fully saturated rings. The molecule has 0 unspecified atom stereocenters. The van der Waals surface area contributed by atoms with Crippen LogP contribution >= 0.6 is 0 Å². The number of hydrogen-bond acceptors (Lipinski definition) is 9. The van der Waals surface area contributed by atoms with Gasteiger partial charge in [0.2, 0.25) is 11.8 Å². The molecule has 32 heavy (non-hydrogen) atoms. The normalized spacial score (nSPS) is 11.8. The number of anilines is 1. The standard InChI is InChI=1S/C20H21N3O7S2/c1-29-15-7-9-17(10-8-15)31(25,26)13-11-18(24)21-20-23-22-19(30-20)12-14-32(27,28)16-5-3-2-4-6-16/h2-10H,11-14H2,1H3,(H,21,23,24). The van der Waals surface area contributed by atoms with Crippen molar-refractivity contribution >= 4 is 31.6 Å². The first-order valence-corrected chi connectivity index (χ1v) is 12.8. The molecule has 0 spiro atoms. The van der Waals surface area contributed by atoms with Crippen LogP contribution < -0.4 is 10.1 Å². The molecule has 1 N–H and O–H groups in total. The lowest BCUT2D eigenvalue weighted by atomic mass is 10.3. The Morgan fingerprint density at radius 2 is 1.53 bits per heavy atom. The molecule has 0 aliphatic heterocycles. The smallest absolute Gasteiger partial charge is 0.322 e. The van der Waals surface area contributed by atoms with Crippen LogP contribution in [-0.4, -0.2) is 51.6 Å². The van der Waals surface area contributed by atoms with Crippen LogP contribution in [0.4, 0.5) is 6.01 Å². The van der Waals surface area contributed by atoms with E-state index < -0.39 is 31.3 Å². The highest BCUT2D eigenvalue weighted by Crippen LogP contribution is 2.18. The highest BCUT2D eigenvalue weighted by atomic mass is 32.2. The van der Waals surface area contributed by atoms with Gasteiger partial charge in [-0.15, -0.1) is 5.10 Å². The number of methoxy groups -OCH3 is 1. The first-order chi connectivity index (χ1) is 15.2. The Morgan fingerprint density at radius 1 is 0.906 bits per heavy atom. The molecule has 1 heterocycles. The minimum atomic E-state index is -3.67. The summed E-state index contributed by atoms with van der Waals surface area (Å²) < 4.78 is 59.6. The largest absolute Gasteiger partial charge is 0.497 e. The summed E-state index contributed by atoms with van der Waals surface area (Å²) in [4.78, 5) is 12.3.